The Kier molecular flexibility index (Phi) is 9.24. The van der Waals surface area contributed by atoms with E-state index in [0.29, 0.717) is 24.7 Å². The lowest BCUT2D eigenvalue weighted by Gasteiger charge is -2.31. The van der Waals surface area contributed by atoms with Gasteiger partial charge in [0.1, 0.15) is 0 Å². The Bertz CT molecular complexity index is 1170. The number of anilines is 1. The first-order valence-electron chi connectivity index (χ1n) is 12.4. The normalized spacial score (nSPS) is 13.3. The fraction of sp³-hybridized carbons (Fsp3) is 0.444. The molecule has 8 nitrogen and oxygen atoms in total. The van der Waals surface area contributed by atoms with E-state index in [0.717, 1.165) is 22.1 Å². The van der Waals surface area contributed by atoms with Gasteiger partial charge in [-0.3, -0.25) is 9.59 Å². The molecule has 1 aliphatic rings. The maximum Gasteiger partial charge on any atom is 0.416 e. The summed E-state index contributed by atoms with van der Waals surface area (Å²) in [5, 5.41) is 12.2. The Hall–Kier alpha value is -3.76. The molecule has 0 saturated carbocycles. The van der Waals surface area contributed by atoms with Gasteiger partial charge in [-0.15, -0.1) is 0 Å². The Morgan fingerprint density at radius 2 is 1.82 bits per heavy atom. The number of rotatable bonds is 10. The van der Waals surface area contributed by atoms with Crippen LogP contribution in [0.1, 0.15) is 36.1 Å². The molecule has 0 unspecified atom stereocenters. The highest BCUT2D eigenvalue weighted by atomic mass is 19.4. The van der Waals surface area contributed by atoms with Gasteiger partial charge in [-0.25, -0.2) is 4.79 Å². The van der Waals surface area contributed by atoms with Gasteiger partial charge < -0.3 is 25.1 Å². The van der Waals surface area contributed by atoms with E-state index in [1.165, 1.54) is 30.1 Å². The van der Waals surface area contributed by atoms with Gasteiger partial charge in [0.25, 0.3) is 0 Å². The maximum atomic E-state index is 13.5. The van der Waals surface area contributed by atoms with Crippen LogP contribution in [0.4, 0.5) is 23.7 Å². The van der Waals surface area contributed by atoms with Crippen LogP contribution in [0.3, 0.4) is 0 Å². The second-order valence-electron chi connectivity index (χ2n) is 9.82. The van der Waals surface area contributed by atoms with E-state index in [2.05, 4.69) is 5.32 Å². The van der Waals surface area contributed by atoms with Crippen LogP contribution >= 0.6 is 0 Å². The van der Waals surface area contributed by atoms with E-state index in [4.69, 9.17) is 5.11 Å². The highest BCUT2D eigenvalue weighted by Crippen LogP contribution is 2.32. The molecule has 11 heteroatoms. The second kappa shape index (κ2) is 12.2. The first kappa shape index (κ1) is 28.8. The number of halogens is 3. The number of carboxylic acid groups (broad SMARTS) is 1. The first-order chi connectivity index (χ1) is 17.9. The van der Waals surface area contributed by atoms with E-state index in [1.54, 1.807) is 11.0 Å². The van der Waals surface area contributed by atoms with Crippen molar-refractivity contribution in [3.05, 3.63) is 64.7 Å². The molecular formula is C27H33F3N4O4. The number of nitrogens with one attached hydrogen (secondary N) is 1. The fourth-order valence-corrected chi connectivity index (χ4v) is 4.40. The molecule has 0 bridgehead atoms. The number of carbonyl (C=O) groups excluding carboxylic acids is 2. The largest absolute Gasteiger partial charge is 0.465 e. The summed E-state index contributed by atoms with van der Waals surface area (Å²) in [5.41, 5.74) is 1.46. The minimum absolute atomic E-state index is 0.00568. The number of likely N-dealkylation sites (N-methyl/N-ethyl adjacent to an activating group) is 1. The molecule has 2 aromatic carbocycles. The molecule has 206 valence electrons. The Morgan fingerprint density at radius 3 is 2.47 bits per heavy atom. The van der Waals surface area contributed by atoms with Crippen LogP contribution in [0.25, 0.3) is 0 Å². The molecule has 0 aliphatic carbocycles. The number of hydrogen-bond acceptors (Lipinski definition) is 4. The molecule has 0 atom stereocenters. The predicted molar refractivity (Wildman–Crippen MR) is 136 cm³/mol. The van der Waals surface area contributed by atoms with Crippen molar-refractivity contribution >= 4 is 23.6 Å². The van der Waals surface area contributed by atoms with Crippen molar-refractivity contribution in [2.75, 3.05) is 38.5 Å². The van der Waals surface area contributed by atoms with Crippen molar-refractivity contribution in [1.82, 2.24) is 14.7 Å². The Morgan fingerprint density at radius 1 is 1.11 bits per heavy atom. The third-order valence-electron chi connectivity index (χ3n) is 6.40. The second-order valence-corrected chi connectivity index (χ2v) is 9.82. The lowest BCUT2D eigenvalue weighted by molar-refractivity contribution is -0.139. The van der Waals surface area contributed by atoms with Crippen LogP contribution in [-0.4, -0.2) is 70.9 Å². The van der Waals surface area contributed by atoms with E-state index in [1.807, 2.05) is 26.0 Å². The molecule has 0 spiro atoms. The molecule has 2 N–H and O–H groups in total. The van der Waals surface area contributed by atoms with Gasteiger partial charge >= 0.3 is 12.3 Å². The SMILES string of the molecule is CC(C)CN1Cc2cccc(NCC(=O)N(CCN(C)C(=O)O)Cc3ccccc3C(F)(F)F)c2CC1=O. The molecule has 2 aromatic rings. The molecule has 1 aliphatic heterocycles. The zero-order valence-corrected chi connectivity index (χ0v) is 21.7. The summed E-state index contributed by atoms with van der Waals surface area (Å²) in [7, 11) is 1.32. The molecule has 0 radical (unpaired) electrons. The van der Waals surface area contributed by atoms with Crippen LogP contribution in [0, 0.1) is 5.92 Å². The molecule has 0 saturated heterocycles. The van der Waals surface area contributed by atoms with Crippen molar-refractivity contribution in [2.45, 2.75) is 39.5 Å². The number of amides is 3. The van der Waals surface area contributed by atoms with E-state index in [9.17, 15) is 27.6 Å². The summed E-state index contributed by atoms with van der Waals surface area (Å²) in [6.07, 6.45) is -5.62. The smallest absolute Gasteiger partial charge is 0.416 e. The van der Waals surface area contributed by atoms with Crippen LogP contribution < -0.4 is 5.32 Å². The lowest BCUT2D eigenvalue weighted by atomic mass is 9.96. The fourth-order valence-electron chi connectivity index (χ4n) is 4.40. The Balaban J connectivity index is 1.78. The van der Waals surface area contributed by atoms with Crippen molar-refractivity contribution in [1.29, 1.82) is 0 Å². The zero-order valence-electron chi connectivity index (χ0n) is 21.7. The minimum atomic E-state index is -4.60. The summed E-state index contributed by atoms with van der Waals surface area (Å²) < 4.78 is 40.6. The molecular weight excluding hydrogens is 501 g/mol. The van der Waals surface area contributed by atoms with Gasteiger partial charge in [0.15, 0.2) is 0 Å². The summed E-state index contributed by atoms with van der Waals surface area (Å²) in [6, 6.07) is 10.5. The minimum Gasteiger partial charge on any atom is -0.465 e. The predicted octanol–water partition coefficient (Wildman–Crippen LogP) is 4.30. The molecule has 0 aromatic heterocycles. The molecule has 3 rings (SSSR count). The monoisotopic (exact) mass is 534 g/mol. The number of fused-ring (bicyclic) bond motifs is 1. The zero-order chi connectivity index (χ0) is 28.0. The van der Waals surface area contributed by atoms with Crippen molar-refractivity contribution in [3.8, 4) is 0 Å². The number of carbonyl (C=O) groups is 3. The highest BCUT2D eigenvalue weighted by Gasteiger charge is 2.34. The van der Waals surface area contributed by atoms with Crippen molar-refractivity contribution in [2.24, 2.45) is 5.92 Å². The van der Waals surface area contributed by atoms with E-state index >= 15 is 0 Å². The number of alkyl halides is 3. The standard InChI is InChI=1S/C27H33F3N4O4/c1-18(2)15-34-16-19-8-6-10-23(21(19)13-24(34)35)31-14-25(36)33(12-11-32(3)26(37)38)17-20-7-4-5-9-22(20)27(28,29)30/h4-10,18,31H,11-17H2,1-3H3,(H,37,38). The quantitative estimate of drug-likeness (QED) is 0.474. The number of hydrogen-bond donors (Lipinski definition) is 2. The van der Waals surface area contributed by atoms with Crippen molar-refractivity contribution < 1.29 is 32.7 Å². The third kappa shape index (κ3) is 7.39. The summed E-state index contributed by atoms with van der Waals surface area (Å²) in [4.78, 5) is 41.1. The van der Waals surface area contributed by atoms with Crippen molar-refractivity contribution in [3.63, 3.8) is 0 Å². The van der Waals surface area contributed by atoms with Gasteiger partial charge in [-0.05, 0) is 34.7 Å². The topological polar surface area (TPSA) is 93.2 Å². The van der Waals surface area contributed by atoms with Gasteiger partial charge in [-0.1, -0.05) is 44.2 Å². The molecule has 0 fully saturated rings. The van der Waals surface area contributed by atoms with Crippen LogP contribution in [0.2, 0.25) is 0 Å². The molecule has 38 heavy (non-hydrogen) atoms. The summed E-state index contributed by atoms with van der Waals surface area (Å²) >= 11 is 0. The summed E-state index contributed by atoms with van der Waals surface area (Å²) in [6.45, 7) is 4.47. The van der Waals surface area contributed by atoms with Gasteiger partial charge in [-0.2, -0.15) is 13.2 Å². The molecule has 1 heterocycles. The molecule has 3 amide bonds. The first-order valence-corrected chi connectivity index (χ1v) is 12.4. The third-order valence-corrected chi connectivity index (χ3v) is 6.40. The Labute approximate surface area is 220 Å². The summed E-state index contributed by atoms with van der Waals surface area (Å²) in [5.74, 6) is -0.177. The highest BCUT2D eigenvalue weighted by molar-refractivity contribution is 5.85. The van der Waals surface area contributed by atoms with Gasteiger partial charge in [0.05, 0.1) is 18.5 Å². The van der Waals surface area contributed by atoms with Crippen LogP contribution in [-0.2, 0) is 35.3 Å². The number of benzene rings is 2. The van der Waals surface area contributed by atoms with Gasteiger partial charge in [0.2, 0.25) is 11.8 Å². The van der Waals surface area contributed by atoms with Crippen LogP contribution in [0.5, 0.6) is 0 Å². The van der Waals surface area contributed by atoms with E-state index < -0.39 is 23.7 Å². The average Bonchev–Trinajstić information content (AvgIpc) is 2.84. The average molecular weight is 535 g/mol. The van der Waals surface area contributed by atoms with Gasteiger partial charge in [0, 0.05) is 45.5 Å². The maximum absolute atomic E-state index is 13.5. The van der Waals surface area contributed by atoms with E-state index in [-0.39, 0.29) is 44.1 Å². The lowest BCUT2D eigenvalue weighted by Crippen LogP contribution is -2.41. The number of nitrogens with zero attached hydrogens (tertiary/aromatic N) is 3. The van der Waals surface area contributed by atoms with Crippen LogP contribution in [0.15, 0.2) is 42.5 Å².